The van der Waals surface area contributed by atoms with Crippen LogP contribution < -0.4 is 4.74 Å². The van der Waals surface area contributed by atoms with Crippen LogP contribution in [0.25, 0.3) is 0 Å². The second-order valence-corrected chi connectivity index (χ2v) is 12.7. The van der Waals surface area contributed by atoms with Crippen LogP contribution in [0.5, 0.6) is 5.75 Å². The number of rotatable bonds is 2. The first-order chi connectivity index (χ1) is 17.9. The number of aliphatic hydroxyl groups is 1. The van der Waals surface area contributed by atoms with Crippen LogP contribution in [0, 0.1) is 28.1 Å². The summed E-state index contributed by atoms with van der Waals surface area (Å²) in [6.07, 6.45) is -3.89. The summed E-state index contributed by atoms with van der Waals surface area (Å²) in [5.74, 6) is -3.09. The smallest absolute Gasteiger partial charge is 0.358 e. The van der Waals surface area contributed by atoms with Gasteiger partial charge < -0.3 is 33.5 Å². The van der Waals surface area contributed by atoms with Crippen molar-refractivity contribution in [2.24, 2.45) is 28.1 Å². The fourth-order valence-corrected chi connectivity index (χ4v) is 9.08. The first kappa shape index (κ1) is 24.3. The number of thiocarbonyl (C=S) groups is 1. The summed E-state index contributed by atoms with van der Waals surface area (Å²) in [6, 6.07) is 8.76. The Kier molecular flexibility index (Phi) is 4.51. The number of hydrogen-bond donors (Lipinski definition) is 1. The average Bonchev–Trinajstić information content (AvgIpc) is 3.55. The fourth-order valence-electron chi connectivity index (χ4n) is 8.88. The van der Waals surface area contributed by atoms with Crippen LogP contribution >= 0.6 is 12.2 Å². The maximum Gasteiger partial charge on any atom is 0.358 e. The molecule has 1 N–H and O–H groups in total. The van der Waals surface area contributed by atoms with Gasteiger partial charge in [0.15, 0.2) is 5.60 Å². The van der Waals surface area contributed by atoms with E-state index in [1.165, 1.54) is 6.92 Å². The zero-order chi connectivity index (χ0) is 27.0. The summed E-state index contributed by atoms with van der Waals surface area (Å²) in [4.78, 5) is 39.9. The highest BCUT2D eigenvalue weighted by Crippen LogP contribution is 2.84. The number of para-hydroxylation sites is 1. The molecule has 11 heteroatoms. The van der Waals surface area contributed by atoms with Crippen molar-refractivity contribution in [3.8, 4) is 5.75 Å². The molecule has 7 rings (SSSR count). The molecule has 4 aliphatic heterocycles. The molecule has 38 heavy (non-hydrogen) atoms. The molecule has 0 radical (unpaired) electrons. The summed E-state index contributed by atoms with van der Waals surface area (Å²) in [6.45, 7) is 7.58. The molecule has 10 atom stereocenters. The summed E-state index contributed by atoms with van der Waals surface area (Å²) in [7, 11) is 0. The Labute approximate surface area is 223 Å². The highest BCUT2D eigenvalue weighted by atomic mass is 32.1. The molecular weight excluding hydrogens is 516 g/mol. The van der Waals surface area contributed by atoms with Gasteiger partial charge in [0.1, 0.15) is 18.0 Å². The van der Waals surface area contributed by atoms with Gasteiger partial charge in [-0.3, -0.25) is 4.79 Å². The van der Waals surface area contributed by atoms with Gasteiger partial charge in [0.2, 0.25) is 18.0 Å². The molecule has 0 bridgehead atoms. The molecule has 2 aliphatic carbocycles. The maximum absolute atomic E-state index is 13.8. The summed E-state index contributed by atoms with van der Waals surface area (Å²) in [5, 5.41) is 11.9. The van der Waals surface area contributed by atoms with Crippen LogP contribution in [0.3, 0.4) is 0 Å². The number of fused-ring (bicyclic) bond motifs is 1. The Bertz CT molecular complexity index is 1290. The van der Waals surface area contributed by atoms with Crippen molar-refractivity contribution < 1.29 is 47.9 Å². The second-order valence-electron chi connectivity index (χ2n) is 12.4. The largest absolute Gasteiger partial charge is 0.459 e. The molecule has 4 saturated heterocycles. The van der Waals surface area contributed by atoms with Gasteiger partial charge in [-0.25, -0.2) is 9.59 Å². The molecule has 6 unspecified atom stereocenters. The first-order valence-corrected chi connectivity index (χ1v) is 13.2. The van der Waals surface area contributed by atoms with Crippen molar-refractivity contribution in [1.29, 1.82) is 0 Å². The number of benzene rings is 1. The molecule has 0 aromatic heterocycles. The van der Waals surface area contributed by atoms with E-state index < -0.39 is 75.9 Å². The molecular formula is C27H28O10S. The quantitative estimate of drug-likeness (QED) is 0.334. The van der Waals surface area contributed by atoms with Gasteiger partial charge in [-0.15, -0.1) is 0 Å². The minimum Gasteiger partial charge on any atom is -0.459 e. The standard InChI is InChI=1S/C27H28O10S/c1-12-18(28)33-16-11-24-15-10-14(23(2,3)4)25(24)17(35-22(38)32-13-8-6-5-7-9-13)19(29)36-21(25)37-27(24,20(30)34-15)26(12,16)31/h5-9,12,14-17,21,31H,10-11H2,1-4H3/t12-,14+,15?,16?,17+,21?,24?,25?,26-,27?/m1/s1. The first-order valence-electron chi connectivity index (χ1n) is 12.8. The molecule has 1 aromatic rings. The van der Waals surface area contributed by atoms with Gasteiger partial charge in [0.05, 0.1) is 16.7 Å². The Morgan fingerprint density at radius 2 is 1.76 bits per heavy atom. The number of hydrogen-bond acceptors (Lipinski definition) is 11. The van der Waals surface area contributed by atoms with Crippen LogP contribution in [0.4, 0.5) is 0 Å². The lowest BCUT2D eigenvalue weighted by Gasteiger charge is -2.47. The van der Waals surface area contributed by atoms with Crippen LogP contribution in [-0.4, -0.2) is 64.1 Å². The van der Waals surface area contributed by atoms with Gasteiger partial charge in [-0.2, -0.15) is 0 Å². The maximum atomic E-state index is 13.8. The van der Waals surface area contributed by atoms with Gasteiger partial charge in [-0.05, 0) is 36.8 Å². The van der Waals surface area contributed by atoms with E-state index in [1.54, 1.807) is 24.3 Å². The molecule has 6 fully saturated rings. The van der Waals surface area contributed by atoms with Crippen molar-refractivity contribution in [3.63, 3.8) is 0 Å². The van der Waals surface area contributed by atoms with Crippen molar-refractivity contribution in [1.82, 2.24) is 0 Å². The van der Waals surface area contributed by atoms with E-state index in [2.05, 4.69) is 0 Å². The summed E-state index contributed by atoms with van der Waals surface area (Å²) < 4.78 is 35.7. The van der Waals surface area contributed by atoms with Crippen LogP contribution in [-0.2, 0) is 38.1 Å². The predicted molar refractivity (Wildman–Crippen MR) is 129 cm³/mol. The van der Waals surface area contributed by atoms with Gasteiger partial charge >= 0.3 is 23.1 Å². The van der Waals surface area contributed by atoms with Crippen LogP contribution in [0.15, 0.2) is 30.3 Å². The second kappa shape index (κ2) is 7.05. The Morgan fingerprint density at radius 3 is 2.45 bits per heavy atom. The SMILES string of the molecule is C[C@@H]1C(=O)OC2CC34C5C[C@@H](C(C)(C)C)C36C(OC(=O)[C@@H]6OC(=S)Oc3ccccc3)OC4(C(=O)O5)[C@]21O. The number of carbonyl (C=O) groups is 3. The van der Waals surface area contributed by atoms with Crippen LogP contribution in [0.2, 0.25) is 0 Å². The molecule has 202 valence electrons. The van der Waals surface area contributed by atoms with E-state index in [0.29, 0.717) is 12.2 Å². The fraction of sp³-hybridized carbons (Fsp3) is 0.630. The predicted octanol–water partition coefficient (Wildman–Crippen LogP) is 2.05. The molecule has 10 nitrogen and oxygen atoms in total. The minimum absolute atomic E-state index is 0.0435. The molecule has 2 saturated carbocycles. The van der Waals surface area contributed by atoms with E-state index in [0.717, 1.165) is 0 Å². The lowest BCUT2D eigenvalue weighted by Crippen LogP contribution is -2.66. The van der Waals surface area contributed by atoms with Crippen molar-refractivity contribution in [2.45, 2.75) is 76.3 Å². The molecule has 6 aliphatic rings. The zero-order valence-electron chi connectivity index (χ0n) is 21.3. The third-order valence-electron chi connectivity index (χ3n) is 10.1. The van der Waals surface area contributed by atoms with E-state index in [-0.39, 0.29) is 17.6 Å². The highest BCUT2D eigenvalue weighted by molar-refractivity contribution is 7.79. The lowest BCUT2D eigenvalue weighted by atomic mass is 9.51. The Hall–Kier alpha value is -2.76. The van der Waals surface area contributed by atoms with Crippen LogP contribution in [0.1, 0.15) is 40.5 Å². The Morgan fingerprint density at radius 1 is 1.05 bits per heavy atom. The molecule has 0 amide bonds. The summed E-state index contributed by atoms with van der Waals surface area (Å²) >= 11 is 5.41. The van der Waals surface area contributed by atoms with E-state index in [1.807, 2.05) is 26.8 Å². The third-order valence-corrected chi connectivity index (χ3v) is 10.3. The number of ether oxygens (including phenoxy) is 6. The number of esters is 3. The van der Waals surface area contributed by atoms with Gasteiger partial charge in [0, 0.05) is 18.6 Å². The molecule has 4 heterocycles. The minimum atomic E-state index is -2.02. The van der Waals surface area contributed by atoms with E-state index in [4.69, 9.17) is 40.6 Å². The zero-order valence-corrected chi connectivity index (χ0v) is 22.1. The van der Waals surface area contributed by atoms with E-state index in [9.17, 15) is 19.5 Å². The van der Waals surface area contributed by atoms with Gasteiger partial charge in [0.25, 0.3) is 0 Å². The lowest BCUT2D eigenvalue weighted by molar-refractivity contribution is -0.238. The topological polar surface area (TPSA) is 127 Å². The average molecular weight is 545 g/mol. The van der Waals surface area contributed by atoms with Crippen molar-refractivity contribution >= 4 is 35.4 Å². The normalized spacial score (nSPS) is 47.6. The summed E-state index contributed by atoms with van der Waals surface area (Å²) in [5.41, 5.74) is -7.03. The van der Waals surface area contributed by atoms with Crippen molar-refractivity contribution in [3.05, 3.63) is 30.3 Å². The number of carbonyl (C=O) groups excluding carboxylic acids is 3. The highest BCUT2D eigenvalue weighted by Gasteiger charge is 3.01. The molecule has 1 aromatic carbocycles. The van der Waals surface area contributed by atoms with Gasteiger partial charge in [-0.1, -0.05) is 39.0 Å². The van der Waals surface area contributed by atoms with E-state index >= 15 is 0 Å². The molecule has 2 spiro atoms. The Balaban J connectivity index is 1.41. The third kappa shape index (κ3) is 2.31. The monoisotopic (exact) mass is 544 g/mol. The van der Waals surface area contributed by atoms with Crippen molar-refractivity contribution in [2.75, 3.05) is 0 Å².